The number of benzene rings is 1. The van der Waals surface area contributed by atoms with E-state index in [4.69, 9.17) is 5.11 Å². The van der Waals surface area contributed by atoms with E-state index < -0.39 is 5.97 Å². The van der Waals surface area contributed by atoms with Crippen molar-refractivity contribution in [2.45, 2.75) is 20.4 Å². The van der Waals surface area contributed by atoms with Gasteiger partial charge in [-0.15, -0.1) is 0 Å². The van der Waals surface area contributed by atoms with Crippen LogP contribution in [0.1, 0.15) is 28.5 Å². The number of nitrogens with zero attached hydrogens (tertiary/aromatic N) is 2. The first-order chi connectivity index (χ1) is 9.61. The highest BCUT2D eigenvalue weighted by molar-refractivity contribution is 5.85. The first-order valence-electron chi connectivity index (χ1n) is 6.60. The number of hydrogen-bond donors (Lipinski definition) is 1. The Balaban J connectivity index is 2.25. The van der Waals surface area contributed by atoms with Crippen molar-refractivity contribution in [3.05, 3.63) is 59.4 Å². The van der Waals surface area contributed by atoms with Crippen molar-refractivity contribution in [1.82, 2.24) is 4.98 Å². The summed E-state index contributed by atoms with van der Waals surface area (Å²) in [5, 5.41) is 8.99. The molecule has 0 bridgehead atoms. The van der Waals surface area contributed by atoms with Gasteiger partial charge in [0.15, 0.2) is 0 Å². The van der Waals surface area contributed by atoms with Gasteiger partial charge in [-0.05, 0) is 43.2 Å². The van der Waals surface area contributed by atoms with Crippen LogP contribution in [0.5, 0.6) is 0 Å². The summed E-state index contributed by atoms with van der Waals surface area (Å²) in [4.78, 5) is 17.0. The average Bonchev–Trinajstić information content (AvgIpc) is 2.46. The number of carbonyl (C=O) groups is 1. The molecule has 0 aliphatic carbocycles. The van der Waals surface area contributed by atoms with Crippen LogP contribution in [0.25, 0.3) is 0 Å². The van der Waals surface area contributed by atoms with Crippen LogP contribution >= 0.6 is 0 Å². The van der Waals surface area contributed by atoms with E-state index >= 15 is 0 Å². The van der Waals surface area contributed by atoms with Crippen molar-refractivity contribution in [3.63, 3.8) is 0 Å². The molecule has 0 saturated carbocycles. The van der Waals surface area contributed by atoms with Gasteiger partial charge in [-0.25, -0.2) is 9.78 Å². The Morgan fingerprint density at radius 3 is 2.70 bits per heavy atom. The van der Waals surface area contributed by atoms with Crippen molar-refractivity contribution in [2.24, 2.45) is 0 Å². The quantitative estimate of drug-likeness (QED) is 0.907. The highest BCUT2D eigenvalue weighted by Gasteiger charge is 2.10. The summed E-state index contributed by atoms with van der Waals surface area (Å²) in [6, 6.07) is 11.7. The second kappa shape index (κ2) is 6.19. The topological polar surface area (TPSA) is 53.4 Å². The van der Waals surface area contributed by atoms with E-state index in [0.717, 1.165) is 12.1 Å². The van der Waals surface area contributed by atoms with E-state index in [0.29, 0.717) is 6.54 Å². The summed E-state index contributed by atoms with van der Waals surface area (Å²) in [6.45, 7) is 5.69. The predicted molar refractivity (Wildman–Crippen MR) is 79.1 cm³/mol. The SMILES string of the molecule is CCN(Cc1ccnc(C(=O)O)c1)c1ccccc1C. The Morgan fingerprint density at radius 2 is 2.05 bits per heavy atom. The van der Waals surface area contributed by atoms with Gasteiger partial charge >= 0.3 is 5.97 Å². The van der Waals surface area contributed by atoms with Crippen LogP contribution in [-0.4, -0.2) is 22.6 Å². The lowest BCUT2D eigenvalue weighted by Crippen LogP contribution is -2.23. The number of aromatic nitrogens is 1. The molecule has 20 heavy (non-hydrogen) atoms. The maximum atomic E-state index is 11.0. The van der Waals surface area contributed by atoms with E-state index in [1.54, 1.807) is 12.3 Å². The number of hydrogen-bond acceptors (Lipinski definition) is 3. The first kappa shape index (κ1) is 14.1. The van der Waals surface area contributed by atoms with E-state index in [9.17, 15) is 4.79 Å². The van der Waals surface area contributed by atoms with Crippen LogP contribution in [0.15, 0.2) is 42.6 Å². The molecule has 1 aromatic heterocycles. The smallest absolute Gasteiger partial charge is 0.354 e. The Kier molecular flexibility index (Phi) is 4.35. The minimum absolute atomic E-state index is 0.0864. The third-order valence-corrected chi connectivity index (χ3v) is 3.25. The standard InChI is InChI=1S/C16H18N2O2/c1-3-18(15-7-5-4-6-12(15)2)11-13-8-9-17-14(10-13)16(19)20/h4-10H,3,11H2,1-2H3,(H,19,20). The molecule has 2 rings (SSSR count). The van der Waals surface area contributed by atoms with Crippen molar-refractivity contribution in [2.75, 3.05) is 11.4 Å². The number of carboxylic acids is 1. The Bertz CT molecular complexity index is 611. The number of carboxylic acid groups (broad SMARTS) is 1. The van der Waals surface area contributed by atoms with Crippen LogP contribution in [0, 0.1) is 6.92 Å². The van der Waals surface area contributed by atoms with Crippen LogP contribution in [0.3, 0.4) is 0 Å². The monoisotopic (exact) mass is 270 g/mol. The van der Waals surface area contributed by atoms with Gasteiger partial charge < -0.3 is 10.0 Å². The molecule has 0 atom stereocenters. The molecule has 1 heterocycles. The molecule has 0 amide bonds. The van der Waals surface area contributed by atoms with Gasteiger partial charge in [0.05, 0.1) is 0 Å². The molecule has 0 spiro atoms. The molecular formula is C16H18N2O2. The number of aromatic carboxylic acids is 1. The summed E-state index contributed by atoms with van der Waals surface area (Å²) < 4.78 is 0. The fraction of sp³-hybridized carbons (Fsp3) is 0.250. The van der Waals surface area contributed by atoms with Crippen LogP contribution in [-0.2, 0) is 6.54 Å². The fourth-order valence-electron chi connectivity index (χ4n) is 2.20. The molecule has 4 nitrogen and oxygen atoms in total. The molecule has 2 aromatic rings. The molecule has 1 N–H and O–H groups in total. The number of para-hydroxylation sites is 1. The summed E-state index contributed by atoms with van der Waals surface area (Å²) >= 11 is 0. The van der Waals surface area contributed by atoms with E-state index in [2.05, 4.69) is 35.9 Å². The maximum Gasteiger partial charge on any atom is 0.354 e. The Labute approximate surface area is 118 Å². The minimum Gasteiger partial charge on any atom is -0.477 e. The molecule has 0 radical (unpaired) electrons. The molecule has 0 aliphatic rings. The van der Waals surface area contributed by atoms with Gasteiger partial charge in [-0.3, -0.25) is 0 Å². The largest absolute Gasteiger partial charge is 0.477 e. The number of aryl methyl sites for hydroxylation is 1. The number of pyridine rings is 1. The lowest BCUT2D eigenvalue weighted by Gasteiger charge is -2.25. The lowest BCUT2D eigenvalue weighted by atomic mass is 10.1. The van der Waals surface area contributed by atoms with Crippen LogP contribution in [0.4, 0.5) is 5.69 Å². The summed E-state index contributed by atoms with van der Waals surface area (Å²) in [5.41, 5.74) is 3.41. The second-order valence-corrected chi connectivity index (χ2v) is 4.66. The zero-order valence-corrected chi connectivity index (χ0v) is 11.7. The molecule has 0 aliphatic heterocycles. The van der Waals surface area contributed by atoms with Crippen molar-refractivity contribution >= 4 is 11.7 Å². The van der Waals surface area contributed by atoms with E-state index in [-0.39, 0.29) is 5.69 Å². The molecule has 0 unspecified atom stereocenters. The molecule has 104 valence electrons. The predicted octanol–water partition coefficient (Wildman–Crippen LogP) is 3.11. The third-order valence-electron chi connectivity index (χ3n) is 3.25. The van der Waals surface area contributed by atoms with Gasteiger partial charge in [0.1, 0.15) is 5.69 Å². The van der Waals surface area contributed by atoms with Gasteiger partial charge in [-0.2, -0.15) is 0 Å². The van der Waals surface area contributed by atoms with Gasteiger partial charge in [-0.1, -0.05) is 18.2 Å². The van der Waals surface area contributed by atoms with Gasteiger partial charge in [0, 0.05) is 25.0 Å². The van der Waals surface area contributed by atoms with Gasteiger partial charge in [0.25, 0.3) is 0 Å². The minimum atomic E-state index is -0.995. The number of anilines is 1. The zero-order chi connectivity index (χ0) is 14.5. The second-order valence-electron chi connectivity index (χ2n) is 4.66. The Morgan fingerprint density at radius 1 is 1.30 bits per heavy atom. The normalized spacial score (nSPS) is 10.3. The fourth-order valence-corrected chi connectivity index (χ4v) is 2.20. The van der Waals surface area contributed by atoms with Crippen LogP contribution in [0.2, 0.25) is 0 Å². The molecule has 1 aromatic carbocycles. The lowest BCUT2D eigenvalue weighted by molar-refractivity contribution is 0.0690. The van der Waals surface area contributed by atoms with Gasteiger partial charge in [0.2, 0.25) is 0 Å². The van der Waals surface area contributed by atoms with Crippen molar-refractivity contribution < 1.29 is 9.90 Å². The molecular weight excluding hydrogens is 252 g/mol. The first-order valence-corrected chi connectivity index (χ1v) is 6.60. The van der Waals surface area contributed by atoms with E-state index in [1.807, 2.05) is 18.2 Å². The summed E-state index contributed by atoms with van der Waals surface area (Å²) in [5.74, 6) is -0.995. The maximum absolute atomic E-state index is 11.0. The Hall–Kier alpha value is -2.36. The summed E-state index contributed by atoms with van der Waals surface area (Å²) in [7, 11) is 0. The molecule has 0 fully saturated rings. The van der Waals surface area contributed by atoms with Crippen LogP contribution < -0.4 is 4.90 Å². The number of rotatable bonds is 5. The molecule has 0 saturated heterocycles. The highest BCUT2D eigenvalue weighted by atomic mass is 16.4. The van der Waals surface area contributed by atoms with Crippen molar-refractivity contribution in [1.29, 1.82) is 0 Å². The van der Waals surface area contributed by atoms with Crippen molar-refractivity contribution in [3.8, 4) is 0 Å². The zero-order valence-electron chi connectivity index (χ0n) is 11.7. The third kappa shape index (κ3) is 3.15. The van der Waals surface area contributed by atoms with E-state index in [1.165, 1.54) is 11.3 Å². The molecule has 4 heteroatoms. The summed E-state index contributed by atoms with van der Waals surface area (Å²) in [6.07, 6.45) is 1.55. The average molecular weight is 270 g/mol. The highest BCUT2D eigenvalue weighted by Crippen LogP contribution is 2.21.